The molecule has 1 N–H and O–H groups in total. The third-order valence-corrected chi connectivity index (χ3v) is 6.02. The van der Waals surface area contributed by atoms with Gasteiger partial charge < -0.3 is 5.32 Å². The molecule has 16 heavy (non-hydrogen) atoms. The minimum absolute atomic E-state index is 0.336. The predicted octanol–water partition coefficient (Wildman–Crippen LogP) is 1.98. The van der Waals surface area contributed by atoms with E-state index in [9.17, 15) is 8.42 Å². The van der Waals surface area contributed by atoms with E-state index in [1.165, 1.54) is 19.3 Å². The van der Waals surface area contributed by atoms with Crippen LogP contribution >= 0.6 is 0 Å². The van der Waals surface area contributed by atoms with Crippen molar-refractivity contribution in [2.24, 2.45) is 5.92 Å². The fraction of sp³-hybridized carbons (Fsp3) is 1.00. The van der Waals surface area contributed by atoms with E-state index in [0.29, 0.717) is 11.7 Å². The summed E-state index contributed by atoms with van der Waals surface area (Å²) in [5.74, 6) is 0.877. The summed E-state index contributed by atoms with van der Waals surface area (Å²) in [5, 5.41) is 3.38. The van der Waals surface area contributed by atoms with Gasteiger partial charge in [0, 0.05) is 0 Å². The Bertz CT molecular complexity index is 295. The van der Waals surface area contributed by atoms with Crippen LogP contribution in [0.1, 0.15) is 46.5 Å². The highest BCUT2D eigenvalue weighted by Gasteiger charge is 2.29. The van der Waals surface area contributed by atoms with Crippen LogP contribution in [0.3, 0.4) is 0 Å². The quantitative estimate of drug-likeness (QED) is 0.829. The first-order valence-electron chi connectivity index (χ1n) is 6.26. The van der Waals surface area contributed by atoms with Crippen molar-refractivity contribution in [2.75, 3.05) is 18.8 Å². The van der Waals surface area contributed by atoms with Crippen molar-refractivity contribution in [3.05, 3.63) is 0 Å². The molecule has 0 saturated carbocycles. The lowest BCUT2D eigenvalue weighted by molar-refractivity contribution is 0.460. The Labute approximate surface area is 99.9 Å². The average Bonchev–Trinajstić information content (AvgIpc) is 2.41. The Morgan fingerprint density at radius 1 is 1.25 bits per heavy atom. The maximum Gasteiger partial charge on any atom is 0.155 e. The molecule has 1 heterocycles. The molecule has 1 aliphatic rings. The molecule has 4 heteroatoms. The largest absolute Gasteiger partial charge is 0.316 e. The van der Waals surface area contributed by atoms with Gasteiger partial charge in [-0.25, -0.2) is 8.42 Å². The molecule has 1 unspecified atom stereocenters. The number of sulfone groups is 1. The van der Waals surface area contributed by atoms with Gasteiger partial charge in [0.2, 0.25) is 0 Å². The molecule has 1 saturated heterocycles. The average molecular weight is 247 g/mol. The van der Waals surface area contributed by atoms with E-state index in [1.54, 1.807) is 20.8 Å². The lowest BCUT2D eigenvalue weighted by Crippen LogP contribution is -2.32. The molecule has 0 bridgehead atoms. The first-order chi connectivity index (χ1) is 7.33. The molecule has 0 amide bonds. The lowest BCUT2D eigenvalue weighted by Gasteiger charge is -2.21. The Morgan fingerprint density at radius 3 is 2.56 bits per heavy atom. The number of hydrogen-bond donors (Lipinski definition) is 1. The van der Waals surface area contributed by atoms with Crippen LogP contribution in [0.4, 0.5) is 0 Å². The molecule has 0 spiro atoms. The second-order valence-electron chi connectivity index (χ2n) is 5.79. The zero-order chi connectivity index (χ0) is 12.2. The second kappa shape index (κ2) is 5.50. The van der Waals surface area contributed by atoms with Gasteiger partial charge in [-0.15, -0.1) is 0 Å². The minimum Gasteiger partial charge on any atom is -0.316 e. The Kier molecular flexibility index (Phi) is 4.80. The Hall–Kier alpha value is -0.0900. The molecular formula is C12H25NO2S. The first kappa shape index (κ1) is 14.0. The normalized spacial score (nSPS) is 24.1. The summed E-state index contributed by atoms with van der Waals surface area (Å²) in [6.45, 7) is 7.43. The fourth-order valence-corrected chi connectivity index (χ4v) is 3.22. The summed E-state index contributed by atoms with van der Waals surface area (Å²) in [5.41, 5.74) is 0. The van der Waals surface area contributed by atoms with Crippen LogP contribution in [0.2, 0.25) is 0 Å². The van der Waals surface area contributed by atoms with E-state index in [4.69, 9.17) is 0 Å². The van der Waals surface area contributed by atoms with Crippen LogP contribution in [-0.2, 0) is 9.84 Å². The maximum absolute atomic E-state index is 12.0. The molecule has 0 aromatic rings. The molecule has 3 nitrogen and oxygen atoms in total. The SMILES string of the molecule is CC(C)(C)S(=O)(=O)CCC1CCCCNC1. The molecule has 1 atom stereocenters. The third-order valence-electron chi connectivity index (χ3n) is 3.38. The minimum atomic E-state index is -2.94. The van der Waals surface area contributed by atoms with Crippen LogP contribution < -0.4 is 5.32 Å². The summed E-state index contributed by atoms with van der Waals surface area (Å²) in [6.07, 6.45) is 4.44. The zero-order valence-corrected chi connectivity index (χ0v) is 11.6. The molecule has 96 valence electrons. The van der Waals surface area contributed by atoms with Crippen molar-refractivity contribution in [3.8, 4) is 0 Å². The van der Waals surface area contributed by atoms with Crippen molar-refractivity contribution in [1.82, 2.24) is 5.32 Å². The van der Waals surface area contributed by atoms with Gasteiger partial charge in [0.05, 0.1) is 10.5 Å². The third kappa shape index (κ3) is 4.06. The highest BCUT2D eigenvalue weighted by molar-refractivity contribution is 7.92. The smallest absolute Gasteiger partial charge is 0.155 e. The summed E-state index contributed by atoms with van der Waals surface area (Å²) in [7, 11) is -2.94. The Balaban J connectivity index is 2.44. The summed E-state index contributed by atoms with van der Waals surface area (Å²) >= 11 is 0. The zero-order valence-electron chi connectivity index (χ0n) is 10.8. The molecule has 0 radical (unpaired) electrons. The van der Waals surface area contributed by atoms with Crippen molar-refractivity contribution in [2.45, 2.75) is 51.2 Å². The fourth-order valence-electron chi connectivity index (χ4n) is 1.97. The van der Waals surface area contributed by atoms with Crippen LogP contribution in [-0.4, -0.2) is 32.0 Å². The van der Waals surface area contributed by atoms with Crippen LogP contribution in [0.25, 0.3) is 0 Å². The van der Waals surface area contributed by atoms with Crippen LogP contribution in [0.5, 0.6) is 0 Å². The second-order valence-corrected chi connectivity index (χ2v) is 8.65. The van der Waals surface area contributed by atoms with Gasteiger partial charge in [-0.05, 0) is 59.0 Å². The van der Waals surface area contributed by atoms with Crippen molar-refractivity contribution in [1.29, 1.82) is 0 Å². The van der Waals surface area contributed by atoms with E-state index in [1.807, 2.05) is 0 Å². The summed E-state index contributed by atoms with van der Waals surface area (Å²) < 4.78 is 23.3. The summed E-state index contributed by atoms with van der Waals surface area (Å²) in [4.78, 5) is 0. The molecule has 0 aromatic carbocycles. The van der Waals surface area contributed by atoms with E-state index in [0.717, 1.165) is 19.5 Å². The lowest BCUT2D eigenvalue weighted by atomic mass is 10.0. The maximum atomic E-state index is 12.0. The van der Waals surface area contributed by atoms with Crippen molar-refractivity contribution >= 4 is 9.84 Å². The first-order valence-corrected chi connectivity index (χ1v) is 7.91. The van der Waals surface area contributed by atoms with Gasteiger partial charge in [-0.3, -0.25) is 0 Å². The standard InChI is InChI=1S/C12H25NO2S/c1-12(2,3)16(14,15)9-7-11-6-4-5-8-13-10-11/h11,13H,4-10H2,1-3H3. The van der Waals surface area contributed by atoms with Gasteiger partial charge >= 0.3 is 0 Å². The van der Waals surface area contributed by atoms with E-state index in [-0.39, 0.29) is 0 Å². The topological polar surface area (TPSA) is 46.2 Å². The molecule has 0 aromatic heterocycles. The number of rotatable bonds is 3. The molecule has 1 aliphatic heterocycles. The molecule has 0 aliphatic carbocycles. The van der Waals surface area contributed by atoms with Crippen molar-refractivity contribution < 1.29 is 8.42 Å². The van der Waals surface area contributed by atoms with Crippen LogP contribution in [0, 0.1) is 5.92 Å². The number of hydrogen-bond acceptors (Lipinski definition) is 3. The Morgan fingerprint density at radius 2 is 1.94 bits per heavy atom. The van der Waals surface area contributed by atoms with E-state index in [2.05, 4.69) is 5.32 Å². The van der Waals surface area contributed by atoms with E-state index >= 15 is 0 Å². The predicted molar refractivity (Wildman–Crippen MR) is 68.4 cm³/mol. The van der Waals surface area contributed by atoms with Crippen LogP contribution in [0.15, 0.2) is 0 Å². The summed E-state index contributed by atoms with van der Waals surface area (Å²) in [6, 6.07) is 0. The molecule has 1 fully saturated rings. The molecule has 1 rings (SSSR count). The van der Waals surface area contributed by atoms with E-state index < -0.39 is 14.6 Å². The number of nitrogens with one attached hydrogen (secondary N) is 1. The van der Waals surface area contributed by atoms with Gasteiger partial charge in [-0.1, -0.05) is 6.42 Å². The van der Waals surface area contributed by atoms with Crippen molar-refractivity contribution in [3.63, 3.8) is 0 Å². The molecular weight excluding hydrogens is 222 g/mol. The highest BCUT2D eigenvalue weighted by atomic mass is 32.2. The van der Waals surface area contributed by atoms with Gasteiger partial charge in [0.15, 0.2) is 9.84 Å². The highest BCUT2D eigenvalue weighted by Crippen LogP contribution is 2.21. The van der Waals surface area contributed by atoms with Gasteiger partial charge in [-0.2, -0.15) is 0 Å². The van der Waals surface area contributed by atoms with Gasteiger partial charge in [0.1, 0.15) is 0 Å². The van der Waals surface area contributed by atoms with Gasteiger partial charge in [0.25, 0.3) is 0 Å². The monoisotopic (exact) mass is 247 g/mol.